The van der Waals surface area contributed by atoms with Crippen LogP contribution < -0.4 is 4.74 Å². The molecule has 5 nitrogen and oxygen atoms in total. The summed E-state index contributed by atoms with van der Waals surface area (Å²) in [5, 5.41) is 7.72. The number of hydrogen-bond acceptors (Lipinski definition) is 3. The van der Waals surface area contributed by atoms with Gasteiger partial charge in [0.05, 0.1) is 28.1 Å². The Labute approximate surface area is 296 Å². The maximum absolute atomic E-state index is 6.80. The van der Waals surface area contributed by atoms with Crippen molar-refractivity contribution in [1.82, 2.24) is 19.3 Å². The van der Waals surface area contributed by atoms with Crippen molar-refractivity contribution in [2.75, 3.05) is 0 Å². The van der Waals surface area contributed by atoms with Crippen molar-refractivity contribution in [3.05, 3.63) is 130 Å². The van der Waals surface area contributed by atoms with Gasteiger partial charge in [-0.3, -0.25) is 4.57 Å². The molecule has 50 heavy (non-hydrogen) atoms. The van der Waals surface area contributed by atoms with E-state index in [0.29, 0.717) is 5.92 Å². The van der Waals surface area contributed by atoms with E-state index in [1.54, 1.807) is 0 Å². The quantitative estimate of drug-likeness (QED) is 0.147. The van der Waals surface area contributed by atoms with E-state index < -0.39 is 0 Å². The summed E-state index contributed by atoms with van der Waals surface area (Å²) in [6.07, 6.45) is 5.93. The van der Waals surface area contributed by atoms with Crippen LogP contribution in [0, 0.1) is 27.7 Å². The van der Waals surface area contributed by atoms with Gasteiger partial charge in [-0.15, -0.1) is 0 Å². The number of ether oxygens (including phenoxy) is 1. The van der Waals surface area contributed by atoms with E-state index >= 15 is 0 Å². The zero-order valence-electron chi connectivity index (χ0n) is 30.8. The molecule has 0 bridgehead atoms. The highest BCUT2D eigenvalue weighted by Gasteiger charge is 2.23. The normalized spacial score (nSPS) is 11.7. The fourth-order valence-corrected chi connectivity index (χ4v) is 7.56. The summed E-state index contributed by atoms with van der Waals surface area (Å²) in [5.41, 5.74) is 14.6. The van der Waals surface area contributed by atoms with Crippen molar-refractivity contribution in [3.8, 4) is 34.1 Å². The molecule has 4 aromatic carbocycles. The first-order valence-electron chi connectivity index (χ1n) is 18.1. The zero-order valence-corrected chi connectivity index (χ0v) is 30.8. The van der Waals surface area contributed by atoms with Gasteiger partial charge in [-0.05, 0) is 123 Å². The summed E-state index contributed by atoms with van der Waals surface area (Å²) in [4.78, 5) is 4.77. The second kappa shape index (κ2) is 13.6. The Kier molecular flexibility index (Phi) is 9.09. The lowest BCUT2D eigenvalue weighted by Gasteiger charge is -2.17. The Balaban J connectivity index is 1.37. The van der Waals surface area contributed by atoms with E-state index in [1.807, 2.05) is 12.3 Å². The van der Waals surface area contributed by atoms with Crippen LogP contribution in [0.15, 0.2) is 91.1 Å². The molecule has 0 atom stereocenters. The fourth-order valence-electron chi connectivity index (χ4n) is 7.56. The number of fused-ring (bicyclic) bond motifs is 3. The van der Waals surface area contributed by atoms with Crippen LogP contribution in [0.3, 0.4) is 0 Å². The van der Waals surface area contributed by atoms with Crippen molar-refractivity contribution >= 4 is 21.8 Å². The average Bonchev–Trinajstić information content (AvgIpc) is 3.62. The number of hydrogen-bond donors (Lipinski definition) is 0. The number of aryl methyl sites for hydroxylation is 5. The summed E-state index contributed by atoms with van der Waals surface area (Å²) < 4.78 is 11.3. The molecule has 0 aliphatic rings. The molecular weight excluding hydrogens is 613 g/mol. The van der Waals surface area contributed by atoms with Gasteiger partial charge in [0.15, 0.2) is 0 Å². The number of unbranched alkanes of at least 4 members (excludes halogenated alkanes) is 1. The first-order chi connectivity index (χ1) is 24.2. The SMILES string of the molecule is CCCCc1c(-c2c(C)cc(C)cc2C)c(CC)nn1-c1cc(Oc2ccc3c4ccccc4n(-c4cc(C)ccn4)c3c2)cc(C(C)C)c1. The van der Waals surface area contributed by atoms with Crippen molar-refractivity contribution in [3.63, 3.8) is 0 Å². The van der Waals surface area contributed by atoms with Gasteiger partial charge in [0, 0.05) is 34.7 Å². The highest BCUT2D eigenvalue weighted by atomic mass is 16.5. The number of benzene rings is 4. The van der Waals surface area contributed by atoms with Crippen LogP contribution in [-0.4, -0.2) is 19.3 Å². The molecule has 3 aromatic heterocycles. The van der Waals surface area contributed by atoms with E-state index in [9.17, 15) is 0 Å². The Morgan fingerprint density at radius 3 is 2.20 bits per heavy atom. The number of para-hydroxylation sites is 1. The smallest absolute Gasteiger partial charge is 0.137 e. The van der Waals surface area contributed by atoms with E-state index in [4.69, 9.17) is 14.8 Å². The summed E-state index contributed by atoms with van der Waals surface area (Å²) in [6, 6.07) is 30.4. The number of rotatable bonds is 10. The van der Waals surface area contributed by atoms with Gasteiger partial charge in [0.1, 0.15) is 17.3 Å². The van der Waals surface area contributed by atoms with E-state index in [0.717, 1.165) is 65.4 Å². The minimum absolute atomic E-state index is 0.316. The van der Waals surface area contributed by atoms with Crippen molar-refractivity contribution < 1.29 is 4.74 Å². The summed E-state index contributed by atoms with van der Waals surface area (Å²) in [5.74, 6) is 2.81. The monoisotopic (exact) mass is 660 g/mol. The van der Waals surface area contributed by atoms with Crippen LogP contribution in [-0.2, 0) is 12.8 Å². The topological polar surface area (TPSA) is 44.9 Å². The average molecular weight is 661 g/mol. The maximum Gasteiger partial charge on any atom is 0.137 e. The molecule has 5 heteroatoms. The minimum Gasteiger partial charge on any atom is -0.457 e. The lowest BCUT2D eigenvalue weighted by Crippen LogP contribution is -2.05. The first-order valence-corrected chi connectivity index (χ1v) is 18.1. The van der Waals surface area contributed by atoms with Gasteiger partial charge >= 0.3 is 0 Å². The standard InChI is InChI=1S/C45H48N4O/c1-9-11-15-41-45(44-31(7)21-30(6)22-32(44)8)39(10-2)47-49(41)34-24-33(28(3)4)25-36(26-34)50-35-17-18-38-37-14-12-13-16-40(37)48(42(38)27-35)43-23-29(5)19-20-46-43/h12-14,16-28H,9-11,15H2,1-8H3. The Morgan fingerprint density at radius 2 is 1.48 bits per heavy atom. The third-order valence-corrected chi connectivity index (χ3v) is 9.92. The third kappa shape index (κ3) is 6.10. The van der Waals surface area contributed by atoms with Crippen molar-refractivity contribution in [1.29, 1.82) is 0 Å². The first kappa shape index (κ1) is 33.3. The lowest BCUT2D eigenvalue weighted by molar-refractivity contribution is 0.481. The molecule has 7 aromatic rings. The fraction of sp³-hybridized carbons (Fsp3) is 0.289. The summed E-state index contributed by atoms with van der Waals surface area (Å²) in [7, 11) is 0. The van der Waals surface area contributed by atoms with Gasteiger partial charge in [0.2, 0.25) is 0 Å². The molecule has 0 saturated carbocycles. The molecule has 0 unspecified atom stereocenters. The van der Waals surface area contributed by atoms with Crippen LogP contribution >= 0.6 is 0 Å². The largest absolute Gasteiger partial charge is 0.457 e. The molecule has 7 rings (SSSR count). The highest BCUT2D eigenvalue weighted by molar-refractivity contribution is 6.09. The van der Waals surface area contributed by atoms with Crippen LogP contribution in [0.4, 0.5) is 0 Å². The molecule has 0 aliphatic heterocycles. The van der Waals surface area contributed by atoms with Gasteiger partial charge in [0.25, 0.3) is 0 Å². The van der Waals surface area contributed by atoms with Crippen LogP contribution in [0.25, 0.3) is 44.4 Å². The van der Waals surface area contributed by atoms with Gasteiger partial charge in [-0.25, -0.2) is 9.67 Å². The second-order valence-corrected chi connectivity index (χ2v) is 14.2. The molecule has 254 valence electrons. The van der Waals surface area contributed by atoms with E-state index in [-0.39, 0.29) is 0 Å². The van der Waals surface area contributed by atoms with Gasteiger partial charge in [-0.2, -0.15) is 5.10 Å². The molecule has 0 spiro atoms. The predicted molar refractivity (Wildman–Crippen MR) is 209 cm³/mol. The summed E-state index contributed by atoms with van der Waals surface area (Å²) >= 11 is 0. The number of pyridine rings is 1. The zero-order chi connectivity index (χ0) is 35.1. The Bertz CT molecular complexity index is 2330. The molecule has 3 heterocycles. The number of aromatic nitrogens is 4. The summed E-state index contributed by atoms with van der Waals surface area (Å²) in [6.45, 7) is 17.7. The van der Waals surface area contributed by atoms with Crippen molar-refractivity contribution in [2.24, 2.45) is 0 Å². The van der Waals surface area contributed by atoms with Gasteiger partial charge in [-0.1, -0.05) is 70.0 Å². The lowest BCUT2D eigenvalue weighted by atomic mass is 9.90. The maximum atomic E-state index is 6.80. The van der Waals surface area contributed by atoms with Crippen LogP contribution in [0.2, 0.25) is 0 Å². The minimum atomic E-state index is 0.316. The number of nitrogens with zero attached hydrogens (tertiary/aromatic N) is 4. The molecule has 0 radical (unpaired) electrons. The second-order valence-electron chi connectivity index (χ2n) is 14.2. The molecule has 0 fully saturated rings. The van der Waals surface area contributed by atoms with E-state index in [2.05, 4.69) is 144 Å². The molecule has 0 saturated heterocycles. The van der Waals surface area contributed by atoms with Gasteiger partial charge < -0.3 is 4.74 Å². The third-order valence-electron chi connectivity index (χ3n) is 9.92. The molecule has 0 amide bonds. The Hall–Kier alpha value is -5.16. The molecule has 0 N–H and O–H groups in total. The Morgan fingerprint density at radius 1 is 0.720 bits per heavy atom. The van der Waals surface area contributed by atoms with Crippen LogP contribution in [0.1, 0.15) is 85.7 Å². The van der Waals surface area contributed by atoms with Crippen LogP contribution in [0.5, 0.6) is 11.5 Å². The molecular formula is C45H48N4O. The predicted octanol–water partition coefficient (Wildman–Crippen LogP) is 12.1. The molecule has 0 aliphatic carbocycles. The van der Waals surface area contributed by atoms with Crippen molar-refractivity contribution in [2.45, 2.75) is 87.0 Å². The highest BCUT2D eigenvalue weighted by Crippen LogP contribution is 2.39. The van der Waals surface area contributed by atoms with E-state index in [1.165, 1.54) is 55.4 Å².